The molecule has 0 saturated carbocycles. The van der Waals surface area contributed by atoms with Gasteiger partial charge in [-0.05, 0) is 20.8 Å². The minimum absolute atomic E-state index is 0.433. The second kappa shape index (κ2) is 7.57. The number of imide groups is 1. The molecule has 0 saturated heterocycles. The van der Waals surface area contributed by atoms with Gasteiger partial charge < -0.3 is 20.5 Å². The van der Waals surface area contributed by atoms with Crippen molar-refractivity contribution in [3.8, 4) is 0 Å². The van der Waals surface area contributed by atoms with Crippen molar-refractivity contribution in [3.05, 3.63) is 12.2 Å². The van der Waals surface area contributed by atoms with Gasteiger partial charge in [-0.2, -0.15) is 0 Å². The Hall–Kier alpha value is -2.91. The quantitative estimate of drug-likeness (QED) is 0.526. The molecule has 0 aromatic carbocycles. The average molecular weight is 341 g/mol. The van der Waals surface area contributed by atoms with Gasteiger partial charge in [0.25, 0.3) is 11.8 Å². The van der Waals surface area contributed by atoms with Gasteiger partial charge in [-0.15, -0.1) is 0 Å². The number of nitrogens with zero attached hydrogens (tertiary/aromatic N) is 1. The van der Waals surface area contributed by atoms with E-state index in [1.54, 1.807) is 20.8 Å². The molecule has 0 aromatic rings. The zero-order valence-corrected chi connectivity index (χ0v) is 13.5. The van der Waals surface area contributed by atoms with Crippen LogP contribution in [-0.4, -0.2) is 64.5 Å². The molecular formula is C14H19N3O7. The molecule has 0 aliphatic carbocycles. The van der Waals surface area contributed by atoms with Gasteiger partial charge in [-0.3, -0.25) is 19.3 Å². The van der Waals surface area contributed by atoms with Crippen LogP contribution in [0.3, 0.4) is 0 Å². The van der Waals surface area contributed by atoms with Crippen molar-refractivity contribution in [2.45, 2.75) is 32.4 Å². The van der Waals surface area contributed by atoms with E-state index in [4.69, 9.17) is 9.84 Å². The van der Waals surface area contributed by atoms with Crippen LogP contribution >= 0.6 is 0 Å². The Morgan fingerprint density at radius 3 is 2.21 bits per heavy atom. The Labute approximate surface area is 137 Å². The fourth-order valence-electron chi connectivity index (χ4n) is 1.65. The number of hydrogen-bond acceptors (Lipinski definition) is 6. The summed E-state index contributed by atoms with van der Waals surface area (Å²) in [6.45, 7) is 3.87. The van der Waals surface area contributed by atoms with Gasteiger partial charge >= 0.3 is 12.1 Å². The SMILES string of the molecule is CC(C)(C)OC(=O)N[C@H](CNC(=O)CN1C(=O)C=CC1=O)C(=O)O. The van der Waals surface area contributed by atoms with E-state index in [0.29, 0.717) is 4.90 Å². The lowest BCUT2D eigenvalue weighted by atomic mass is 10.2. The van der Waals surface area contributed by atoms with E-state index < -0.39 is 54.5 Å². The fourth-order valence-corrected chi connectivity index (χ4v) is 1.65. The van der Waals surface area contributed by atoms with E-state index in [1.807, 2.05) is 0 Å². The summed E-state index contributed by atoms with van der Waals surface area (Å²) in [4.78, 5) is 57.7. The van der Waals surface area contributed by atoms with Gasteiger partial charge in [0.2, 0.25) is 5.91 Å². The lowest BCUT2D eigenvalue weighted by Crippen LogP contribution is -2.51. The third-order valence-electron chi connectivity index (χ3n) is 2.69. The van der Waals surface area contributed by atoms with E-state index in [-0.39, 0.29) is 0 Å². The monoisotopic (exact) mass is 341 g/mol. The summed E-state index contributed by atoms with van der Waals surface area (Å²) in [5.41, 5.74) is -0.806. The molecule has 24 heavy (non-hydrogen) atoms. The van der Waals surface area contributed by atoms with E-state index in [0.717, 1.165) is 12.2 Å². The zero-order valence-electron chi connectivity index (χ0n) is 13.5. The van der Waals surface area contributed by atoms with Crippen LogP contribution in [0.25, 0.3) is 0 Å². The van der Waals surface area contributed by atoms with Crippen molar-refractivity contribution in [2.24, 2.45) is 0 Å². The predicted molar refractivity (Wildman–Crippen MR) is 79.7 cm³/mol. The predicted octanol–water partition coefficient (Wildman–Crippen LogP) is -0.994. The Bertz CT molecular complexity index is 574. The smallest absolute Gasteiger partial charge is 0.408 e. The fraction of sp³-hybridized carbons (Fsp3) is 0.500. The van der Waals surface area contributed by atoms with Gasteiger partial charge in [0, 0.05) is 18.7 Å². The van der Waals surface area contributed by atoms with E-state index >= 15 is 0 Å². The Morgan fingerprint density at radius 1 is 1.21 bits per heavy atom. The van der Waals surface area contributed by atoms with Gasteiger partial charge in [0.1, 0.15) is 18.2 Å². The number of nitrogens with one attached hydrogen (secondary N) is 2. The number of ether oxygens (including phenoxy) is 1. The molecule has 1 heterocycles. The summed E-state index contributed by atoms with van der Waals surface area (Å²) in [6.07, 6.45) is 1.11. The summed E-state index contributed by atoms with van der Waals surface area (Å²) in [5.74, 6) is -3.37. The average Bonchev–Trinajstić information content (AvgIpc) is 2.73. The van der Waals surface area contributed by atoms with E-state index in [1.165, 1.54) is 0 Å². The van der Waals surface area contributed by atoms with Crippen molar-refractivity contribution in [3.63, 3.8) is 0 Å². The lowest BCUT2D eigenvalue weighted by Gasteiger charge is -2.22. The molecule has 3 N–H and O–H groups in total. The van der Waals surface area contributed by atoms with E-state index in [9.17, 15) is 24.0 Å². The number of alkyl carbamates (subject to hydrolysis) is 1. The van der Waals surface area contributed by atoms with Crippen molar-refractivity contribution < 1.29 is 33.8 Å². The lowest BCUT2D eigenvalue weighted by molar-refractivity contribution is -0.142. The first-order valence-electron chi connectivity index (χ1n) is 7.02. The Balaban J connectivity index is 2.50. The summed E-state index contributed by atoms with van der Waals surface area (Å²) >= 11 is 0. The highest BCUT2D eigenvalue weighted by molar-refractivity contribution is 6.14. The third-order valence-corrected chi connectivity index (χ3v) is 2.69. The standard InChI is InChI=1S/C14H19N3O7/c1-14(2,3)24-13(23)16-8(12(21)22)6-15-9(18)7-17-10(19)4-5-11(17)20/h4-5,8H,6-7H2,1-3H3,(H,15,18)(H,16,23)(H,21,22)/t8-/m1/s1. The van der Waals surface area contributed by atoms with Crippen molar-refractivity contribution >= 4 is 29.8 Å². The molecule has 0 fully saturated rings. The number of amides is 4. The maximum atomic E-state index is 11.7. The molecule has 0 aromatic heterocycles. The normalized spacial score (nSPS) is 15.2. The van der Waals surface area contributed by atoms with Crippen molar-refractivity contribution in [1.82, 2.24) is 15.5 Å². The second-order valence-electron chi connectivity index (χ2n) is 5.94. The number of aliphatic carboxylic acids is 1. The number of hydrogen-bond donors (Lipinski definition) is 3. The summed E-state index contributed by atoms with van der Waals surface area (Å²) in [5, 5.41) is 13.4. The minimum atomic E-state index is -1.42. The molecule has 10 heteroatoms. The zero-order chi connectivity index (χ0) is 18.5. The van der Waals surface area contributed by atoms with Crippen LogP contribution in [0.5, 0.6) is 0 Å². The molecule has 0 spiro atoms. The Morgan fingerprint density at radius 2 is 1.75 bits per heavy atom. The summed E-state index contributed by atoms with van der Waals surface area (Å²) < 4.78 is 4.93. The van der Waals surface area contributed by atoms with Crippen LogP contribution in [0.4, 0.5) is 4.79 Å². The van der Waals surface area contributed by atoms with E-state index in [2.05, 4.69) is 10.6 Å². The first kappa shape index (κ1) is 19.1. The first-order chi connectivity index (χ1) is 11.0. The maximum absolute atomic E-state index is 11.7. The molecule has 4 amide bonds. The number of carbonyl (C=O) groups is 5. The molecule has 0 unspecified atom stereocenters. The topological polar surface area (TPSA) is 142 Å². The third kappa shape index (κ3) is 6.07. The van der Waals surface area contributed by atoms with Crippen LogP contribution < -0.4 is 10.6 Å². The summed E-state index contributed by atoms with van der Waals surface area (Å²) in [6, 6.07) is -1.42. The highest BCUT2D eigenvalue weighted by Gasteiger charge is 2.27. The number of carboxylic acid groups (broad SMARTS) is 1. The molecule has 132 valence electrons. The highest BCUT2D eigenvalue weighted by atomic mass is 16.6. The van der Waals surface area contributed by atoms with Crippen LogP contribution in [-0.2, 0) is 23.9 Å². The molecule has 1 atom stereocenters. The van der Waals surface area contributed by atoms with Gasteiger partial charge in [-0.25, -0.2) is 9.59 Å². The number of carbonyl (C=O) groups excluding carboxylic acids is 4. The molecule has 1 rings (SSSR count). The highest BCUT2D eigenvalue weighted by Crippen LogP contribution is 2.06. The molecular weight excluding hydrogens is 322 g/mol. The minimum Gasteiger partial charge on any atom is -0.480 e. The van der Waals surface area contributed by atoms with Gasteiger partial charge in [0.05, 0.1) is 0 Å². The van der Waals surface area contributed by atoms with Crippen LogP contribution in [0, 0.1) is 0 Å². The Kier molecular flexibility index (Phi) is 6.04. The van der Waals surface area contributed by atoms with Crippen molar-refractivity contribution in [1.29, 1.82) is 0 Å². The largest absolute Gasteiger partial charge is 0.480 e. The molecule has 0 radical (unpaired) electrons. The molecule has 1 aliphatic heterocycles. The van der Waals surface area contributed by atoms with Gasteiger partial charge in [0.15, 0.2) is 0 Å². The maximum Gasteiger partial charge on any atom is 0.408 e. The van der Waals surface area contributed by atoms with Gasteiger partial charge in [-0.1, -0.05) is 0 Å². The molecule has 10 nitrogen and oxygen atoms in total. The molecule has 0 bridgehead atoms. The first-order valence-corrected chi connectivity index (χ1v) is 7.02. The second-order valence-corrected chi connectivity index (χ2v) is 5.94. The molecule has 1 aliphatic rings. The summed E-state index contributed by atoms with van der Waals surface area (Å²) in [7, 11) is 0. The van der Waals surface area contributed by atoms with Crippen LogP contribution in [0.15, 0.2) is 12.2 Å². The van der Waals surface area contributed by atoms with Crippen LogP contribution in [0.2, 0.25) is 0 Å². The van der Waals surface area contributed by atoms with Crippen molar-refractivity contribution in [2.75, 3.05) is 13.1 Å². The number of carboxylic acids is 1. The van der Waals surface area contributed by atoms with Crippen LogP contribution in [0.1, 0.15) is 20.8 Å². The number of rotatable bonds is 6.